The number of ether oxygens (including phenoxy) is 1. The quantitative estimate of drug-likeness (QED) is 0.649. The number of fused-ring (bicyclic) bond motifs is 2. The van der Waals surface area contributed by atoms with Gasteiger partial charge in [0.25, 0.3) is 0 Å². The Balaban J connectivity index is 1.54. The topological polar surface area (TPSA) is 45.3 Å². The number of H-pyrrole nitrogens is 1. The van der Waals surface area contributed by atoms with Gasteiger partial charge in [0.15, 0.2) is 0 Å². The van der Waals surface area contributed by atoms with Crippen molar-refractivity contribution in [3.05, 3.63) is 62.7 Å². The number of aromatic nitrogens is 1. The summed E-state index contributed by atoms with van der Waals surface area (Å²) in [5, 5.41) is 1.67. The van der Waals surface area contributed by atoms with Gasteiger partial charge in [-0.05, 0) is 53.4 Å². The third kappa shape index (κ3) is 3.21. The van der Waals surface area contributed by atoms with Gasteiger partial charge >= 0.3 is 0 Å². The highest BCUT2D eigenvalue weighted by Crippen LogP contribution is 2.31. The summed E-state index contributed by atoms with van der Waals surface area (Å²) in [6.07, 6.45) is 3.12. The van der Waals surface area contributed by atoms with Crippen molar-refractivity contribution in [2.75, 3.05) is 13.7 Å². The van der Waals surface area contributed by atoms with E-state index in [1.807, 2.05) is 41.4 Å². The number of hydrogen-bond donors (Lipinski definition) is 1. The van der Waals surface area contributed by atoms with Crippen molar-refractivity contribution >= 4 is 44.3 Å². The third-order valence-electron chi connectivity index (χ3n) is 4.91. The lowest BCUT2D eigenvalue weighted by Crippen LogP contribution is -2.36. The van der Waals surface area contributed by atoms with Crippen LogP contribution in [0, 0.1) is 0 Å². The molecule has 134 valence electrons. The van der Waals surface area contributed by atoms with Crippen LogP contribution in [0.2, 0.25) is 5.02 Å². The second-order valence-electron chi connectivity index (χ2n) is 6.50. The SMILES string of the molecule is COc1cc2c(cc1Cl)CN(C(=O)Cc1c[nH]c3ccc(Br)cc13)CC2. The number of methoxy groups -OCH3 is 1. The highest BCUT2D eigenvalue weighted by molar-refractivity contribution is 9.10. The number of carbonyl (C=O) groups is 1. The molecule has 2 aromatic carbocycles. The van der Waals surface area contributed by atoms with Crippen LogP contribution in [0.5, 0.6) is 5.75 Å². The molecule has 0 saturated heterocycles. The molecule has 26 heavy (non-hydrogen) atoms. The Hall–Kier alpha value is -1.98. The highest BCUT2D eigenvalue weighted by atomic mass is 79.9. The Labute approximate surface area is 165 Å². The fourth-order valence-electron chi connectivity index (χ4n) is 3.50. The zero-order valence-corrected chi connectivity index (χ0v) is 16.7. The second-order valence-corrected chi connectivity index (χ2v) is 7.82. The largest absolute Gasteiger partial charge is 0.495 e. The van der Waals surface area contributed by atoms with E-state index in [-0.39, 0.29) is 5.91 Å². The number of hydrogen-bond acceptors (Lipinski definition) is 2. The Morgan fingerprint density at radius 2 is 2.15 bits per heavy atom. The normalized spacial score (nSPS) is 13.7. The minimum Gasteiger partial charge on any atom is -0.495 e. The lowest BCUT2D eigenvalue weighted by molar-refractivity contribution is -0.131. The van der Waals surface area contributed by atoms with Gasteiger partial charge in [-0.3, -0.25) is 4.79 Å². The van der Waals surface area contributed by atoms with Crippen LogP contribution in [0.3, 0.4) is 0 Å². The van der Waals surface area contributed by atoms with Gasteiger partial charge in [0.1, 0.15) is 5.75 Å². The predicted molar refractivity (Wildman–Crippen MR) is 107 cm³/mol. The molecule has 1 aliphatic heterocycles. The van der Waals surface area contributed by atoms with Gasteiger partial charge in [0.05, 0.1) is 18.6 Å². The number of aromatic amines is 1. The van der Waals surface area contributed by atoms with Crippen LogP contribution in [-0.2, 0) is 24.2 Å². The molecule has 0 saturated carbocycles. The van der Waals surface area contributed by atoms with Crippen LogP contribution in [0.1, 0.15) is 16.7 Å². The summed E-state index contributed by atoms with van der Waals surface area (Å²) in [4.78, 5) is 18.0. The van der Waals surface area contributed by atoms with Gasteiger partial charge in [0.2, 0.25) is 5.91 Å². The Bertz CT molecular complexity index is 999. The molecule has 6 heteroatoms. The molecular weight excluding hydrogens is 416 g/mol. The van der Waals surface area contributed by atoms with E-state index in [1.165, 1.54) is 5.56 Å². The molecule has 0 radical (unpaired) electrons. The highest BCUT2D eigenvalue weighted by Gasteiger charge is 2.23. The predicted octanol–water partition coefficient (Wildman–Crippen LogP) is 4.72. The third-order valence-corrected chi connectivity index (χ3v) is 5.70. The molecule has 0 spiro atoms. The molecular formula is C20H18BrClN2O2. The molecule has 1 amide bonds. The van der Waals surface area contributed by atoms with E-state index in [1.54, 1.807) is 7.11 Å². The maximum atomic E-state index is 12.9. The molecule has 1 aliphatic rings. The summed E-state index contributed by atoms with van der Waals surface area (Å²) in [5.74, 6) is 0.818. The number of nitrogens with one attached hydrogen (secondary N) is 1. The summed E-state index contributed by atoms with van der Waals surface area (Å²) in [5.41, 5.74) is 4.35. The van der Waals surface area contributed by atoms with Gasteiger partial charge in [-0.25, -0.2) is 0 Å². The average Bonchev–Trinajstić information content (AvgIpc) is 3.02. The van der Waals surface area contributed by atoms with Crippen molar-refractivity contribution in [1.29, 1.82) is 0 Å². The zero-order valence-electron chi connectivity index (χ0n) is 14.3. The number of amides is 1. The Morgan fingerprint density at radius 1 is 1.31 bits per heavy atom. The smallest absolute Gasteiger partial charge is 0.227 e. The van der Waals surface area contributed by atoms with Gasteiger partial charge in [-0.1, -0.05) is 27.5 Å². The molecule has 1 N–H and O–H groups in total. The molecule has 0 fully saturated rings. The first-order valence-electron chi connectivity index (χ1n) is 8.43. The molecule has 4 rings (SSSR count). The number of nitrogens with zero attached hydrogens (tertiary/aromatic N) is 1. The standard InChI is InChI=1S/C20H18BrClN2O2/c1-26-19-7-12-4-5-24(11-14(12)6-17(19)22)20(25)8-13-10-23-18-3-2-15(21)9-16(13)18/h2-3,6-7,9-10,23H,4-5,8,11H2,1H3. The van der Waals surface area contributed by atoms with Gasteiger partial charge in [-0.15, -0.1) is 0 Å². The fourth-order valence-corrected chi connectivity index (χ4v) is 4.12. The Morgan fingerprint density at radius 3 is 2.96 bits per heavy atom. The summed E-state index contributed by atoms with van der Waals surface area (Å²) >= 11 is 9.75. The van der Waals surface area contributed by atoms with E-state index in [2.05, 4.69) is 20.9 Å². The molecule has 1 aromatic heterocycles. The van der Waals surface area contributed by atoms with Crippen LogP contribution in [0.25, 0.3) is 10.9 Å². The van der Waals surface area contributed by atoms with E-state index in [0.29, 0.717) is 30.3 Å². The second kappa shape index (κ2) is 6.97. The summed E-state index contributed by atoms with van der Waals surface area (Å²) in [7, 11) is 1.62. The van der Waals surface area contributed by atoms with Crippen molar-refractivity contribution in [3.8, 4) is 5.75 Å². The van der Waals surface area contributed by atoms with Crippen molar-refractivity contribution < 1.29 is 9.53 Å². The van der Waals surface area contributed by atoms with Crippen molar-refractivity contribution in [1.82, 2.24) is 9.88 Å². The van der Waals surface area contributed by atoms with Crippen LogP contribution in [0.4, 0.5) is 0 Å². The van der Waals surface area contributed by atoms with Crippen LogP contribution in [-0.4, -0.2) is 29.4 Å². The van der Waals surface area contributed by atoms with Crippen molar-refractivity contribution in [3.63, 3.8) is 0 Å². The maximum absolute atomic E-state index is 12.9. The first-order valence-corrected chi connectivity index (χ1v) is 9.61. The minimum atomic E-state index is 0.128. The fraction of sp³-hybridized carbons (Fsp3) is 0.250. The van der Waals surface area contributed by atoms with Crippen LogP contribution < -0.4 is 4.74 Å². The number of rotatable bonds is 3. The van der Waals surface area contributed by atoms with E-state index < -0.39 is 0 Å². The lowest BCUT2D eigenvalue weighted by atomic mass is 9.98. The molecule has 0 unspecified atom stereocenters. The molecule has 2 heterocycles. The molecule has 0 bridgehead atoms. The Kier molecular flexibility index (Phi) is 4.67. The monoisotopic (exact) mass is 432 g/mol. The summed E-state index contributed by atoms with van der Waals surface area (Å²) in [6, 6.07) is 9.95. The summed E-state index contributed by atoms with van der Waals surface area (Å²) in [6.45, 7) is 1.30. The van der Waals surface area contributed by atoms with E-state index >= 15 is 0 Å². The average molecular weight is 434 g/mol. The van der Waals surface area contributed by atoms with Gasteiger partial charge in [0, 0.05) is 34.7 Å². The molecule has 4 nitrogen and oxygen atoms in total. The minimum absolute atomic E-state index is 0.128. The number of benzene rings is 2. The maximum Gasteiger partial charge on any atom is 0.227 e. The van der Waals surface area contributed by atoms with Gasteiger partial charge in [-0.2, -0.15) is 0 Å². The first kappa shape index (κ1) is 17.4. The molecule has 3 aromatic rings. The van der Waals surface area contributed by atoms with Crippen LogP contribution in [0.15, 0.2) is 41.0 Å². The van der Waals surface area contributed by atoms with E-state index in [4.69, 9.17) is 16.3 Å². The first-order chi connectivity index (χ1) is 12.5. The molecule has 0 atom stereocenters. The zero-order chi connectivity index (χ0) is 18.3. The van der Waals surface area contributed by atoms with E-state index in [9.17, 15) is 4.79 Å². The van der Waals surface area contributed by atoms with E-state index in [0.717, 1.165) is 32.9 Å². The van der Waals surface area contributed by atoms with Gasteiger partial charge < -0.3 is 14.6 Å². The van der Waals surface area contributed by atoms with Crippen molar-refractivity contribution in [2.24, 2.45) is 0 Å². The van der Waals surface area contributed by atoms with Crippen LogP contribution >= 0.6 is 27.5 Å². The molecule has 0 aliphatic carbocycles. The number of carbonyl (C=O) groups excluding carboxylic acids is 1. The summed E-state index contributed by atoms with van der Waals surface area (Å²) < 4.78 is 6.29. The lowest BCUT2D eigenvalue weighted by Gasteiger charge is -2.29. The number of halogens is 2. The van der Waals surface area contributed by atoms with Crippen molar-refractivity contribution in [2.45, 2.75) is 19.4 Å².